The van der Waals surface area contributed by atoms with Crippen LogP contribution < -0.4 is 15.8 Å². The van der Waals surface area contributed by atoms with Crippen LogP contribution in [0.1, 0.15) is 61.8 Å². The molecule has 2 heterocycles. The third-order valence-corrected chi connectivity index (χ3v) is 10.5. The quantitative estimate of drug-likeness (QED) is 0.374. The fraction of sp³-hybridized carbons (Fsp3) is 0.483. The largest absolute Gasteiger partial charge is 0.488 e. The van der Waals surface area contributed by atoms with Crippen molar-refractivity contribution in [3.8, 4) is 5.75 Å². The Morgan fingerprint density at radius 3 is 2.71 bits per heavy atom. The van der Waals surface area contributed by atoms with Crippen LogP contribution in [0.3, 0.4) is 0 Å². The van der Waals surface area contributed by atoms with E-state index in [9.17, 15) is 13.2 Å². The maximum Gasteiger partial charge on any atom is 0.247 e. The molecule has 4 rings (SSSR count). The number of aryl methyl sites for hydroxylation is 1. The number of ketones is 1. The number of nitrogens with one attached hydrogen (secondary N) is 1. The second-order valence-electron chi connectivity index (χ2n) is 10.8. The molecule has 0 spiro atoms. The molecule has 1 aromatic carbocycles. The second-order valence-corrected chi connectivity index (χ2v) is 14.0. The molecule has 1 aliphatic heterocycles. The van der Waals surface area contributed by atoms with Gasteiger partial charge in [0.15, 0.2) is 0 Å². The molecule has 9 heteroatoms. The normalized spacial score (nSPS) is 20.3. The molecule has 0 unspecified atom stereocenters. The number of fused-ring (bicyclic) bond motifs is 1. The number of hydrogen-bond donors (Lipinski definition) is 2. The average Bonchev–Trinajstić information content (AvgIpc) is 3.66. The van der Waals surface area contributed by atoms with Crippen LogP contribution in [0.2, 0.25) is 0 Å². The van der Waals surface area contributed by atoms with Gasteiger partial charge in [0.05, 0.1) is 12.5 Å². The van der Waals surface area contributed by atoms with Gasteiger partial charge in [-0.1, -0.05) is 38.1 Å². The summed E-state index contributed by atoms with van der Waals surface area (Å²) in [4.78, 5) is 15.7. The molecule has 0 saturated heterocycles. The number of carbonyl (C=O) groups excluding carboxylic acids is 1. The number of hydrogen-bond acceptors (Lipinski definition) is 7. The maximum atomic E-state index is 13.6. The van der Waals surface area contributed by atoms with Gasteiger partial charge in [0, 0.05) is 46.1 Å². The molecule has 0 amide bonds. The highest BCUT2D eigenvalue weighted by Gasteiger charge is 2.43. The zero-order valence-corrected chi connectivity index (χ0v) is 24.5. The first-order chi connectivity index (χ1) is 17.9. The molecule has 0 bridgehead atoms. The van der Waals surface area contributed by atoms with Crippen molar-refractivity contribution in [2.24, 2.45) is 17.1 Å². The monoisotopic (exact) mass is 557 g/mol. The number of sulfonamides is 1. The maximum absolute atomic E-state index is 13.6. The van der Waals surface area contributed by atoms with Crippen molar-refractivity contribution in [2.75, 3.05) is 13.1 Å². The number of carbonyl (C=O) groups is 1. The van der Waals surface area contributed by atoms with Crippen LogP contribution in [0, 0.1) is 18.3 Å². The minimum absolute atomic E-state index is 0.0489. The van der Waals surface area contributed by atoms with Crippen LogP contribution in [0.15, 0.2) is 59.3 Å². The van der Waals surface area contributed by atoms with Crippen molar-refractivity contribution in [3.63, 3.8) is 0 Å². The van der Waals surface area contributed by atoms with Crippen molar-refractivity contribution < 1.29 is 17.9 Å². The lowest BCUT2D eigenvalue weighted by Gasteiger charge is -2.33. The van der Waals surface area contributed by atoms with Crippen molar-refractivity contribution >= 4 is 27.1 Å². The fourth-order valence-corrected chi connectivity index (χ4v) is 8.04. The first kappa shape index (κ1) is 28.4. The van der Waals surface area contributed by atoms with Crippen molar-refractivity contribution in [3.05, 3.63) is 69.7 Å². The molecular formula is C29H39N3O4S2. The average molecular weight is 558 g/mol. The fourth-order valence-electron chi connectivity index (χ4n) is 5.06. The van der Waals surface area contributed by atoms with Crippen molar-refractivity contribution in [1.29, 1.82) is 0 Å². The summed E-state index contributed by atoms with van der Waals surface area (Å²) in [5, 5.41) is 3.15. The highest BCUT2D eigenvalue weighted by Crippen LogP contribution is 2.47. The molecule has 7 nitrogen and oxygen atoms in total. The summed E-state index contributed by atoms with van der Waals surface area (Å²) in [6, 6.07) is 8.91. The number of para-hydroxylation sites is 1. The molecule has 1 aromatic heterocycles. The van der Waals surface area contributed by atoms with Crippen LogP contribution >= 0.6 is 11.3 Å². The van der Waals surface area contributed by atoms with Crippen molar-refractivity contribution in [2.45, 2.75) is 70.9 Å². The van der Waals surface area contributed by atoms with Crippen molar-refractivity contribution in [1.82, 2.24) is 9.62 Å². The molecule has 3 N–H and O–H groups in total. The number of benzene rings is 1. The van der Waals surface area contributed by atoms with Gasteiger partial charge < -0.3 is 15.8 Å². The highest BCUT2D eigenvalue weighted by molar-refractivity contribution is 7.89. The Bertz CT molecular complexity index is 1340. The number of nitrogens with zero attached hydrogens (tertiary/aromatic N) is 1. The number of allylic oxidation sites excluding steroid dienone is 3. The van der Waals surface area contributed by atoms with E-state index in [4.69, 9.17) is 10.5 Å². The molecule has 206 valence electrons. The lowest BCUT2D eigenvalue weighted by atomic mass is 9.70. The second kappa shape index (κ2) is 11.2. The van der Waals surface area contributed by atoms with Gasteiger partial charge >= 0.3 is 0 Å². The van der Waals surface area contributed by atoms with Gasteiger partial charge in [-0.3, -0.25) is 4.79 Å². The number of thiophene rings is 1. The van der Waals surface area contributed by atoms with E-state index in [-0.39, 0.29) is 41.7 Å². The van der Waals surface area contributed by atoms with E-state index in [0.29, 0.717) is 12.2 Å². The lowest BCUT2D eigenvalue weighted by Crippen LogP contribution is -2.35. The number of ether oxygens (including phenoxy) is 1. The van der Waals surface area contributed by atoms with Gasteiger partial charge in [-0.2, -0.15) is 4.31 Å². The minimum atomic E-state index is -3.73. The van der Waals surface area contributed by atoms with Gasteiger partial charge in [-0.15, -0.1) is 11.3 Å². The summed E-state index contributed by atoms with van der Waals surface area (Å²) in [5.41, 5.74) is 7.36. The van der Waals surface area contributed by atoms with Gasteiger partial charge in [-0.05, 0) is 57.4 Å². The number of Topliss-reactive ketones (excluding diaryl/α,β-unsaturated/α-hetero) is 1. The summed E-state index contributed by atoms with van der Waals surface area (Å²) in [6.07, 6.45) is 6.82. The Morgan fingerprint density at radius 1 is 1.32 bits per heavy atom. The van der Waals surface area contributed by atoms with Crippen LogP contribution in [0.5, 0.6) is 5.75 Å². The van der Waals surface area contributed by atoms with Gasteiger partial charge in [0.2, 0.25) is 10.0 Å². The number of nitrogens with two attached hydrogens (primary N) is 1. The predicted molar refractivity (Wildman–Crippen MR) is 153 cm³/mol. The molecular weight excluding hydrogens is 518 g/mol. The van der Waals surface area contributed by atoms with Gasteiger partial charge in [0.1, 0.15) is 22.5 Å². The summed E-state index contributed by atoms with van der Waals surface area (Å²) in [7, 11) is -3.73. The Morgan fingerprint density at radius 2 is 2.03 bits per heavy atom. The zero-order valence-electron chi connectivity index (χ0n) is 22.9. The first-order valence-corrected chi connectivity index (χ1v) is 15.5. The van der Waals surface area contributed by atoms with Gasteiger partial charge in [0.25, 0.3) is 0 Å². The third-order valence-electron chi connectivity index (χ3n) is 7.39. The van der Waals surface area contributed by atoms with Crippen LogP contribution in [0.25, 0.3) is 0 Å². The van der Waals surface area contributed by atoms with Crippen LogP contribution in [-0.4, -0.2) is 37.7 Å². The molecule has 0 radical (unpaired) electrons. The molecule has 1 aliphatic carbocycles. The number of rotatable bonds is 11. The smallest absolute Gasteiger partial charge is 0.247 e. The van der Waals surface area contributed by atoms with E-state index < -0.39 is 15.4 Å². The predicted octanol–water partition coefficient (Wildman–Crippen LogP) is 5.08. The van der Waals surface area contributed by atoms with Crippen LogP contribution in [0.4, 0.5) is 0 Å². The molecule has 2 aromatic rings. The zero-order chi connectivity index (χ0) is 27.7. The third kappa shape index (κ3) is 6.00. The van der Waals surface area contributed by atoms with E-state index in [2.05, 4.69) is 11.4 Å². The SMILES string of the molecule is CCN/C=C(\N)CC[C@H](c1cc(CN2C[C@@H](C)Oc3ccccc3S2(=O)=O)c(C)s1)C(C)(C)C(=O)C1C=C1. The van der Waals surface area contributed by atoms with E-state index in [1.165, 1.54) is 4.31 Å². The Hall–Kier alpha value is -2.62. The van der Waals surface area contributed by atoms with E-state index in [1.807, 2.05) is 53.0 Å². The molecule has 2 atom stereocenters. The molecule has 2 aliphatic rings. The highest BCUT2D eigenvalue weighted by atomic mass is 32.2. The van der Waals surface area contributed by atoms with E-state index in [0.717, 1.165) is 34.0 Å². The van der Waals surface area contributed by atoms with Gasteiger partial charge in [-0.25, -0.2) is 8.42 Å². The Balaban J connectivity index is 1.64. The topological polar surface area (TPSA) is 102 Å². The van der Waals surface area contributed by atoms with E-state index >= 15 is 0 Å². The summed E-state index contributed by atoms with van der Waals surface area (Å²) in [5.74, 6) is 0.461. The van der Waals surface area contributed by atoms with E-state index in [1.54, 1.807) is 35.6 Å². The molecule has 0 fully saturated rings. The summed E-state index contributed by atoms with van der Waals surface area (Å²) < 4.78 is 34.6. The first-order valence-electron chi connectivity index (χ1n) is 13.2. The minimum Gasteiger partial charge on any atom is -0.488 e. The Labute approximate surface area is 230 Å². The standard InChI is InChI=1S/C29H39N3O4S2/c1-6-31-16-23(30)13-14-24(29(4,5)28(33)21-11-12-21)26-15-22(20(3)37-26)18-32-17-19(2)36-25-9-7-8-10-27(25)38(32,34)35/h7-12,15-16,19,21,24,31H,6,13-14,17-18,30H2,1-5H3/b23-16-/t19-,24-/m1/s1. The van der Waals surface area contributed by atoms with Crippen LogP contribution in [-0.2, 0) is 21.4 Å². The summed E-state index contributed by atoms with van der Waals surface area (Å²) in [6.45, 7) is 11.3. The summed E-state index contributed by atoms with van der Waals surface area (Å²) >= 11 is 1.65. The Kier molecular flexibility index (Phi) is 8.40. The molecule has 0 saturated carbocycles. The molecule has 38 heavy (non-hydrogen) atoms. The lowest BCUT2D eigenvalue weighted by molar-refractivity contribution is -0.129.